The highest BCUT2D eigenvalue weighted by Gasteiger charge is 2.27. The maximum Gasteiger partial charge on any atom is 0.225 e. The molecule has 0 spiro atoms. The maximum absolute atomic E-state index is 12.5. The van der Waals surface area contributed by atoms with Crippen LogP contribution in [0.1, 0.15) is 39.0 Å². The lowest BCUT2D eigenvalue weighted by atomic mass is 9.96. The fourth-order valence-corrected chi connectivity index (χ4v) is 3.80. The monoisotopic (exact) mass is 331 g/mol. The van der Waals surface area contributed by atoms with Crippen molar-refractivity contribution in [3.63, 3.8) is 0 Å². The lowest BCUT2D eigenvalue weighted by Crippen LogP contribution is -2.46. The first-order valence-electron chi connectivity index (χ1n) is 9.31. The van der Waals surface area contributed by atoms with Gasteiger partial charge in [-0.25, -0.2) is 9.97 Å². The van der Waals surface area contributed by atoms with Crippen LogP contribution in [0.15, 0.2) is 18.5 Å². The van der Waals surface area contributed by atoms with Gasteiger partial charge in [-0.2, -0.15) is 0 Å². The largest absolute Gasteiger partial charge is 0.354 e. The summed E-state index contributed by atoms with van der Waals surface area (Å²) in [5, 5.41) is 3.20. The quantitative estimate of drug-likeness (QED) is 0.859. The van der Waals surface area contributed by atoms with Crippen molar-refractivity contribution >= 4 is 11.9 Å². The number of carbonyl (C=O) groups excluding carboxylic acids is 1. The molecule has 0 unspecified atom stereocenters. The van der Waals surface area contributed by atoms with E-state index in [1.807, 2.05) is 6.07 Å². The van der Waals surface area contributed by atoms with Crippen LogP contribution in [0.5, 0.6) is 0 Å². The van der Waals surface area contributed by atoms with E-state index >= 15 is 0 Å². The second kappa shape index (κ2) is 8.42. The molecule has 0 bridgehead atoms. The number of carbonyl (C=O) groups is 1. The third-order valence-corrected chi connectivity index (χ3v) is 5.34. The van der Waals surface area contributed by atoms with E-state index in [0.717, 1.165) is 44.8 Å². The molecular formula is C18H29N5O. The Kier molecular flexibility index (Phi) is 6.01. The highest BCUT2D eigenvalue weighted by Crippen LogP contribution is 2.20. The van der Waals surface area contributed by atoms with Gasteiger partial charge in [0.2, 0.25) is 11.9 Å². The van der Waals surface area contributed by atoms with Crippen LogP contribution in [0, 0.1) is 5.92 Å². The lowest BCUT2D eigenvalue weighted by molar-refractivity contribution is -0.125. The summed E-state index contributed by atoms with van der Waals surface area (Å²) >= 11 is 0. The van der Waals surface area contributed by atoms with Crippen LogP contribution in [-0.4, -0.2) is 59.5 Å². The molecule has 1 aromatic heterocycles. The zero-order chi connectivity index (χ0) is 16.8. The van der Waals surface area contributed by atoms with Gasteiger partial charge in [0.15, 0.2) is 0 Å². The van der Waals surface area contributed by atoms with Crippen LogP contribution in [0.3, 0.4) is 0 Å². The van der Waals surface area contributed by atoms with E-state index < -0.39 is 0 Å². The smallest absolute Gasteiger partial charge is 0.225 e. The Balaban J connectivity index is 1.43. The van der Waals surface area contributed by atoms with E-state index in [4.69, 9.17) is 0 Å². The van der Waals surface area contributed by atoms with Crippen LogP contribution in [-0.2, 0) is 4.79 Å². The molecule has 6 heteroatoms. The highest BCUT2D eigenvalue weighted by atomic mass is 16.1. The minimum atomic E-state index is 0.126. The number of amides is 1. The van der Waals surface area contributed by atoms with Gasteiger partial charge >= 0.3 is 0 Å². The maximum atomic E-state index is 12.5. The molecule has 3 rings (SSSR count). The second-order valence-corrected chi connectivity index (χ2v) is 6.86. The summed E-state index contributed by atoms with van der Waals surface area (Å²) in [4.78, 5) is 25.8. The number of hydrogen-bond acceptors (Lipinski definition) is 5. The number of nitrogens with one attached hydrogen (secondary N) is 1. The molecular weight excluding hydrogens is 302 g/mol. The highest BCUT2D eigenvalue weighted by molar-refractivity contribution is 5.79. The van der Waals surface area contributed by atoms with Gasteiger partial charge in [-0.15, -0.1) is 0 Å². The molecule has 2 aliphatic rings. The Morgan fingerprint density at radius 2 is 1.88 bits per heavy atom. The molecule has 6 nitrogen and oxygen atoms in total. The summed E-state index contributed by atoms with van der Waals surface area (Å²) in [6.45, 7) is 7.08. The third kappa shape index (κ3) is 4.23. The first-order chi connectivity index (χ1) is 11.8. The van der Waals surface area contributed by atoms with Gasteiger partial charge in [-0.1, -0.05) is 6.92 Å². The topological polar surface area (TPSA) is 61.4 Å². The fourth-order valence-electron chi connectivity index (χ4n) is 3.80. The van der Waals surface area contributed by atoms with Gasteiger partial charge in [0.1, 0.15) is 0 Å². The van der Waals surface area contributed by atoms with Gasteiger partial charge in [0.25, 0.3) is 0 Å². The zero-order valence-electron chi connectivity index (χ0n) is 14.7. The van der Waals surface area contributed by atoms with E-state index in [9.17, 15) is 4.79 Å². The lowest BCUT2D eigenvalue weighted by Gasteiger charge is -2.32. The van der Waals surface area contributed by atoms with Gasteiger partial charge in [-0.3, -0.25) is 9.69 Å². The van der Waals surface area contributed by atoms with Crippen molar-refractivity contribution in [3.05, 3.63) is 18.5 Å². The number of rotatable bonds is 6. The minimum Gasteiger partial charge on any atom is -0.354 e. The van der Waals surface area contributed by atoms with E-state index in [-0.39, 0.29) is 11.8 Å². The van der Waals surface area contributed by atoms with E-state index in [0.29, 0.717) is 6.04 Å². The number of likely N-dealkylation sites (tertiary alicyclic amines) is 1. The van der Waals surface area contributed by atoms with Crippen LogP contribution >= 0.6 is 0 Å². The van der Waals surface area contributed by atoms with Crippen LogP contribution in [0.2, 0.25) is 0 Å². The molecule has 3 heterocycles. The van der Waals surface area contributed by atoms with Crippen molar-refractivity contribution < 1.29 is 4.79 Å². The predicted octanol–water partition coefficient (Wildman–Crippen LogP) is 1.68. The summed E-state index contributed by atoms with van der Waals surface area (Å²) in [6.07, 6.45) is 8.99. The first-order valence-corrected chi connectivity index (χ1v) is 9.31. The molecule has 2 saturated heterocycles. The average molecular weight is 331 g/mol. The van der Waals surface area contributed by atoms with Gasteiger partial charge < -0.3 is 10.2 Å². The summed E-state index contributed by atoms with van der Waals surface area (Å²) in [7, 11) is 0. The molecule has 24 heavy (non-hydrogen) atoms. The Hall–Kier alpha value is -1.69. The summed E-state index contributed by atoms with van der Waals surface area (Å²) in [6, 6.07) is 2.32. The minimum absolute atomic E-state index is 0.126. The molecule has 1 amide bonds. The summed E-state index contributed by atoms with van der Waals surface area (Å²) < 4.78 is 0. The van der Waals surface area contributed by atoms with E-state index in [1.165, 1.54) is 25.9 Å². The Bertz CT molecular complexity index is 509. The zero-order valence-corrected chi connectivity index (χ0v) is 14.7. The first kappa shape index (κ1) is 17.1. The Labute approximate surface area is 144 Å². The Morgan fingerprint density at radius 1 is 1.21 bits per heavy atom. The Morgan fingerprint density at radius 3 is 2.50 bits per heavy atom. The molecule has 132 valence electrons. The van der Waals surface area contributed by atoms with Gasteiger partial charge in [0, 0.05) is 44.0 Å². The predicted molar refractivity (Wildman–Crippen MR) is 94.9 cm³/mol. The SMILES string of the molecule is CC[C@@H](CNC(=O)C1CCN(c2ncccn2)CC1)N1CCCC1. The van der Waals surface area contributed by atoms with Gasteiger partial charge in [0.05, 0.1) is 0 Å². The molecule has 0 aromatic carbocycles. The normalized spacial score (nSPS) is 21.0. The second-order valence-electron chi connectivity index (χ2n) is 6.86. The summed E-state index contributed by atoms with van der Waals surface area (Å²) in [5.41, 5.74) is 0. The number of anilines is 1. The molecule has 2 aliphatic heterocycles. The molecule has 0 radical (unpaired) electrons. The van der Waals surface area contributed by atoms with Crippen molar-refractivity contribution in [1.29, 1.82) is 0 Å². The summed E-state index contributed by atoms with van der Waals surface area (Å²) in [5.74, 6) is 1.12. The number of nitrogens with zero attached hydrogens (tertiary/aromatic N) is 4. The van der Waals surface area contributed by atoms with Crippen molar-refractivity contribution in [2.45, 2.75) is 45.1 Å². The molecule has 2 fully saturated rings. The molecule has 1 atom stereocenters. The molecule has 0 saturated carbocycles. The number of aromatic nitrogens is 2. The average Bonchev–Trinajstić information content (AvgIpc) is 3.17. The number of hydrogen-bond donors (Lipinski definition) is 1. The standard InChI is InChI=1S/C18H29N5O/c1-2-16(22-10-3-4-11-22)14-21-17(24)15-6-12-23(13-7-15)18-19-8-5-9-20-18/h5,8-9,15-16H,2-4,6-7,10-14H2,1H3,(H,21,24)/t16-/m0/s1. The van der Waals surface area contributed by atoms with E-state index in [2.05, 4.69) is 32.0 Å². The number of piperidine rings is 1. The van der Waals surface area contributed by atoms with E-state index in [1.54, 1.807) is 12.4 Å². The van der Waals surface area contributed by atoms with Crippen molar-refractivity contribution in [3.8, 4) is 0 Å². The van der Waals surface area contributed by atoms with Crippen molar-refractivity contribution in [1.82, 2.24) is 20.2 Å². The fraction of sp³-hybridized carbons (Fsp3) is 0.722. The van der Waals surface area contributed by atoms with Crippen molar-refractivity contribution in [2.75, 3.05) is 37.6 Å². The van der Waals surface area contributed by atoms with Crippen LogP contribution < -0.4 is 10.2 Å². The molecule has 1 N–H and O–H groups in total. The molecule has 1 aromatic rings. The van der Waals surface area contributed by atoms with Crippen LogP contribution in [0.25, 0.3) is 0 Å². The van der Waals surface area contributed by atoms with Gasteiger partial charge in [-0.05, 0) is 51.3 Å². The molecule has 0 aliphatic carbocycles. The third-order valence-electron chi connectivity index (χ3n) is 5.34. The van der Waals surface area contributed by atoms with Crippen molar-refractivity contribution in [2.24, 2.45) is 5.92 Å². The van der Waals surface area contributed by atoms with Crippen LogP contribution in [0.4, 0.5) is 5.95 Å².